The summed E-state index contributed by atoms with van der Waals surface area (Å²) in [6.07, 6.45) is 8.92. The number of rotatable bonds is 9. The lowest BCUT2D eigenvalue weighted by Gasteiger charge is -2.32. The zero-order chi connectivity index (χ0) is 12.7. The number of carbonyl (C=O) groups excluding carboxylic acids is 2. The largest absolute Gasteiger partial charge is 0.461 e. The Labute approximate surface area is 104 Å². The molecule has 0 aromatic rings. The van der Waals surface area contributed by atoms with E-state index in [0.29, 0.717) is 5.78 Å². The van der Waals surface area contributed by atoms with E-state index in [4.69, 9.17) is 4.74 Å². The van der Waals surface area contributed by atoms with Gasteiger partial charge in [0.05, 0.1) is 5.92 Å². The molecule has 1 rings (SSSR count). The highest BCUT2D eigenvalue weighted by atomic mass is 16.6. The third kappa shape index (κ3) is 5.33. The molecule has 2 atom stereocenters. The van der Waals surface area contributed by atoms with Crippen molar-refractivity contribution in [1.82, 2.24) is 0 Å². The first-order valence-corrected chi connectivity index (χ1v) is 6.81. The fraction of sp³-hybridized carbons (Fsp3) is 0.857. The van der Waals surface area contributed by atoms with Gasteiger partial charge in [-0.1, -0.05) is 25.7 Å². The number of unbranched alkanes of at least 4 members (excludes halogenated alkanes) is 5. The summed E-state index contributed by atoms with van der Waals surface area (Å²) in [5.41, 5.74) is 0. The average molecular weight is 240 g/mol. The van der Waals surface area contributed by atoms with E-state index in [1.807, 2.05) is 6.92 Å². The second-order valence-electron chi connectivity index (χ2n) is 5.13. The Bertz CT molecular complexity index is 260. The molecular formula is C14H24O3. The second kappa shape index (κ2) is 7.46. The van der Waals surface area contributed by atoms with Crippen molar-refractivity contribution < 1.29 is 14.3 Å². The van der Waals surface area contributed by atoms with E-state index >= 15 is 0 Å². The Hall–Kier alpha value is -0.860. The Morgan fingerprint density at radius 2 is 1.71 bits per heavy atom. The summed E-state index contributed by atoms with van der Waals surface area (Å²) >= 11 is 0. The lowest BCUT2D eigenvalue weighted by molar-refractivity contribution is -0.183. The van der Waals surface area contributed by atoms with Crippen LogP contribution in [0.3, 0.4) is 0 Å². The van der Waals surface area contributed by atoms with Gasteiger partial charge in [0.25, 0.3) is 0 Å². The highest BCUT2D eigenvalue weighted by molar-refractivity contribution is 5.77. The predicted octanol–water partition coefficient (Wildman–Crippen LogP) is 3.26. The normalized spacial score (nSPS) is 23.1. The first-order chi connectivity index (χ1) is 8.11. The molecule has 98 valence electrons. The van der Waals surface area contributed by atoms with Crippen molar-refractivity contribution in [3.8, 4) is 0 Å². The lowest BCUT2D eigenvalue weighted by Crippen LogP contribution is -2.42. The quantitative estimate of drug-likeness (QED) is 0.459. The topological polar surface area (TPSA) is 43.4 Å². The Morgan fingerprint density at radius 3 is 2.24 bits per heavy atom. The van der Waals surface area contributed by atoms with Gasteiger partial charge in [0.2, 0.25) is 0 Å². The van der Waals surface area contributed by atoms with Crippen molar-refractivity contribution in [2.75, 3.05) is 0 Å². The molecule has 0 aromatic heterocycles. The third-order valence-electron chi connectivity index (χ3n) is 3.46. The fourth-order valence-electron chi connectivity index (χ4n) is 2.17. The van der Waals surface area contributed by atoms with Crippen LogP contribution >= 0.6 is 0 Å². The number of ether oxygens (including phenoxy) is 1. The van der Waals surface area contributed by atoms with Gasteiger partial charge >= 0.3 is 5.97 Å². The molecule has 17 heavy (non-hydrogen) atoms. The molecule has 1 aliphatic rings. The van der Waals surface area contributed by atoms with Gasteiger partial charge in [-0.15, -0.1) is 0 Å². The number of ketones is 1. The van der Waals surface area contributed by atoms with Crippen LogP contribution in [0.15, 0.2) is 0 Å². The zero-order valence-electron chi connectivity index (χ0n) is 11.0. The van der Waals surface area contributed by atoms with Crippen molar-refractivity contribution in [3.63, 3.8) is 0 Å². The lowest BCUT2D eigenvalue weighted by atomic mass is 9.94. The molecule has 1 fully saturated rings. The van der Waals surface area contributed by atoms with Gasteiger partial charge in [0.1, 0.15) is 11.9 Å². The Balaban J connectivity index is 1.82. The molecular weight excluding hydrogens is 216 g/mol. The van der Waals surface area contributed by atoms with Gasteiger partial charge in [-0.05, 0) is 33.1 Å². The van der Waals surface area contributed by atoms with Crippen LogP contribution in [0.1, 0.15) is 65.2 Å². The maximum atomic E-state index is 10.9. The van der Waals surface area contributed by atoms with Crippen LogP contribution in [0.25, 0.3) is 0 Å². The fourth-order valence-corrected chi connectivity index (χ4v) is 2.17. The molecule has 0 N–H and O–H groups in total. The molecule has 1 heterocycles. The van der Waals surface area contributed by atoms with Crippen molar-refractivity contribution in [3.05, 3.63) is 0 Å². The summed E-state index contributed by atoms with van der Waals surface area (Å²) in [6.45, 7) is 3.60. The van der Waals surface area contributed by atoms with Crippen LogP contribution in [0.2, 0.25) is 0 Å². The van der Waals surface area contributed by atoms with Crippen molar-refractivity contribution >= 4 is 11.8 Å². The van der Waals surface area contributed by atoms with Crippen LogP contribution < -0.4 is 0 Å². The smallest absolute Gasteiger partial charge is 0.312 e. The summed E-state index contributed by atoms with van der Waals surface area (Å²) in [4.78, 5) is 21.6. The molecule has 0 bridgehead atoms. The van der Waals surface area contributed by atoms with Crippen molar-refractivity contribution in [2.24, 2.45) is 5.92 Å². The molecule has 0 saturated carbocycles. The number of hydrogen-bond acceptors (Lipinski definition) is 3. The SMILES string of the molecule is CC(=O)CCCCCCCCC1OC(=O)C1C. The Morgan fingerprint density at radius 1 is 1.12 bits per heavy atom. The highest BCUT2D eigenvalue weighted by Crippen LogP contribution is 2.26. The first-order valence-electron chi connectivity index (χ1n) is 6.81. The van der Waals surface area contributed by atoms with E-state index in [9.17, 15) is 9.59 Å². The van der Waals surface area contributed by atoms with Gasteiger partial charge in [-0.3, -0.25) is 4.79 Å². The maximum absolute atomic E-state index is 10.9. The maximum Gasteiger partial charge on any atom is 0.312 e. The standard InChI is InChI=1S/C14H24O3/c1-11(15)9-7-5-3-4-6-8-10-13-12(2)14(16)17-13/h12-13H,3-10H2,1-2H3. The van der Waals surface area contributed by atoms with E-state index in [2.05, 4.69) is 0 Å². The van der Waals surface area contributed by atoms with Gasteiger partial charge in [0.15, 0.2) is 0 Å². The minimum absolute atomic E-state index is 0.0424. The van der Waals surface area contributed by atoms with Crippen LogP contribution in [-0.2, 0) is 14.3 Å². The van der Waals surface area contributed by atoms with Crippen LogP contribution in [0.4, 0.5) is 0 Å². The predicted molar refractivity (Wildman–Crippen MR) is 66.7 cm³/mol. The number of Topliss-reactive ketones (excluding diaryl/α,β-unsaturated/α-hetero) is 1. The van der Waals surface area contributed by atoms with Crippen LogP contribution in [0, 0.1) is 5.92 Å². The molecule has 0 aliphatic carbocycles. The molecule has 1 aliphatic heterocycles. The molecule has 1 saturated heterocycles. The molecule has 3 nitrogen and oxygen atoms in total. The van der Waals surface area contributed by atoms with E-state index in [1.54, 1.807) is 6.92 Å². The number of cyclic esters (lactones) is 1. The number of esters is 1. The van der Waals surface area contributed by atoms with Gasteiger partial charge in [-0.2, -0.15) is 0 Å². The van der Waals surface area contributed by atoms with Gasteiger partial charge in [0, 0.05) is 6.42 Å². The Kier molecular flexibility index (Phi) is 6.23. The van der Waals surface area contributed by atoms with Gasteiger partial charge < -0.3 is 9.53 Å². The first kappa shape index (κ1) is 14.2. The second-order valence-corrected chi connectivity index (χ2v) is 5.13. The number of hydrogen-bond donors (Lipinski definition) is 0. The van der Waals surface area contributed by atoms with Crippen LogP contribution in [0.5, 0.6) is 0 Å². The van der Waals surface area contributed by atoms with E-state index in [0.717, 1.165) is 32.1 Å². The monoisotopic (exact) mass is 240 g/mol. The summed E-state index contributed by atoms with van der Waals surface area (Å²) in [5, 5.41) is 0. The van der Waals surface area contributed by atoms with E-state index in [-0.39, 0.29) is 18.0 Å². The van der Waals surface area contributed by atoms with Gasteiger partial charge in [-0.25, -0.2) is 0 Å². The average Bonchev–Trinajstić information content (AvgIpc) is 2.30. The molecule has 0 amide bonds. The number of carbonyl (C=O) groups is 2. The molecule has 2 unspecified atom stereocenters. The highest BCUT2D eigenvalue weighted by Gasteiger charge is 2.37. The summed E-state index contributed by atoms with van der Waals surface area (Å²) in [5.74, 6) is 0.371. The van der Waals surface area contributed by atoms with Crippen LogP contribution in [-0.4, -0.2) is 17.9 Å². The molecule has 0 spiro atoms. The minimum Gasteiger partial charge on any atom is -0.461 e. The molecule has 3 heteroatoms. The zero-order valence-corrected chi connectivity index (χ0v) is 11.0. The summed E-state index contributed by atoms with van der Waals surface area (Å²) in [7, 11) is 0. The van der Waals surface area contributed by atoms with Crippen molar-refractivity contribution in [2.45, 2.75) is 71.3 Å². The van der Waals surface area contributed by atoms with Crippen molar-refractivity contribution in [1.29, 1.82) is 0 Å². The van der Waals surface area contributed by atoms with E-state index in [1.165, 1.54) is 19.3 Å². The summed E-state index contributed by atoms with van der Waals surface area (Å²) < 4.78 is 5.05. The third-order valence-corrected chi connectivity index (χ3v) is 3.46. The van der Waals surface area contributed by atoms with E-state index < -0.39 is 0 Å². The minimum atomic E-state index is -0.0424. The molecule has 0 radical (unpaired) electrons. The molecule has 0 aromatic carbocycles. The summed E-state index contributed by atoms with van der Waals surface area (Å²) in [6, 6.07) is 0.